The van der Waals surface area contributed by atoms with E-state index in [1.165, 1.54) is 24.0 Å². The zero-order valence-corrected chi connectivity index (χ0v) is 14.7. The Morgan fingerprint density at radius 3 is 2.38 bits per heavy atom. The highest BCUT2D eigenvalue weighted by Gasteiger charge is 2.05. The van der Waals surface area contributed by atoms with Crippen molar-refractivity contribution in [3.8, 4) is 0 Å². The van der Waals surface area contributed by atoms with Crippen molar-refractivity contribution in [3.63, 3.8) is 0 Å². The highest BCUT2D eigenvalue weighted by Crippen LogP contribution is 2.29. The minimum atomic E-state index is 1.04. The molecule has 0 fully saturated rings. The normalized spacial score (nSPS) is 10.7. The number of benzene rings is 1. The topological polar surface area (TPSA) is 25.8 Å². The van der Waals surface area contributed by atoms with Gasteiger partial charge in [-0.2, -0.15) is 0 Å². The van der Waals surface area contributed by atoms with Crippen molar-refractivity contribution in [3.05, 3.63) is 42.0 Å². The SMILES string of the molecule is C=Cc1ccc(CCSc2nnc(SCCCC)s2)cc1. The van der Waals surface area contributed by atoms with Crippen LogP contribution in [0, 0.1) is 0 Å². The third-order valence-electron chi connectivity index (χ3n) is 2.94. The lowest BCUT2D eigenvalue weighted by atomic mass is 10.1. The van der Waals surface area contributed by atoms with E-state index >= 15 is 0 Å². The van der Waals surface area contributed by atoms with Gasteiger partial charge in [0.1, 0.15) is 0 Å². The van der Waals surface area contributed by atoms with Crippen molar-refractivity contribution in [2.45, 2.75) is 34.9 Å². The highest BCUT2D eigenvalue weighted by molar-refractivity contribution is 8.03. The van der Waals surface area contributed by atoms with Crippen molar-refractivity contribution >= 4 is 40.9 Å². The summed E-state index contributed by atoms with van der Waals surface area (Å²) in [6.07, 6.45) is 5.41. The van der Waals surface area contributed by atoms with E-state index in [1.54, 1.807) is 23.1 Å². The second kappa shape index (κ2) is 9.28. The molecule has 1 aromatic heterocycles. The van der Waals surface area contributed by atoms with E-state index in [0.29, 0.717) is 0 Å². The third kappa shape index (κ3) is 5.85. The number of rotatable bonds is 9. The van der Waals surface area contributed by atoms with Crippen LogP contribution in [-0.4, -0.2) is 21.7 Å². The lowest BCUT2D eigenvalue weighted by molar-refractivity contribution is 0.892. The molecule has 2 aromatic rings. The summed E-state index contributed by atoms with van der Waals surface area (Å²) in [5.74, 6) is 2.19. The predicted molar refractivity (Wildman–Crippen MR) is 96.5 cm³/mol. The largest absolute Gasteiger partial charge is 0.175 e. The Morgan fingerprint density at radius 1 is 1.10 bits per heavy atom. The summed E-state index contributed by atoms with van der Waals surface area (Å²) in [5.41, 5.74) is 2.53. The second-order valence-corrected chi connectivity index (χ2v) is 8.24. The molecule has 0 N–H and O–H groups in total. The summed E-state index contributed by atoms with van der Waals surface area (Å²) >= 11 is 5.33. The molecule has 0 aliphatic carbocycles. The molecule has 0 atom stereocenters. The summed E-state index contributed by atoms with van der Waals surface area (Å²) in [5, 5.41) is 8.49. The number of unbranched alkanes of at least 4 members (excludes halogenated alkanes) is 1. The second-order valence-electron chi connectivity index (χ2n) is 4.58. The molecule has 0 aliphatic rings. The highest BCUT2D eigenvalue weighted by atomic mass is 32.2. The van der Waals surface area contributed by atoms with Gasteiger partial charge in [-0.05, 0) is 24.0 Å². The molecule has 2 rings (SSSR count). The number of hydrogen-bond donors (Lipinski definition) is 0. The molecule has 0 aliphatic heterocycles. The van der Waals surface area contributed by atoms with Gasteiger partial charge in [-0.25, -0.2) is 0 Å². The minimum absolute atomic E-state index is 1.04. The smallest absolute Gasteiger partial charge is 0.131 e. The molecule has 0 bridgehead atoms. The molecule has 0 radical (unpaired) electrons. The molecule has 0 unspecified atom stereocenters. The van der Waals surface area contributed by atoms with E-state index < -0.39 is 0 Å². The van der Waals surface area contributed by atoms with Crippen LogP contribution in [0.4, 0.5) is 0 Å². The molecule has 0 spiro atoms. The number of aromatic nitrogens is 2. The van der Waals surface area contributed by atoms with Gasteiger partial charge < -0.3 is 0 Å². The fourth-order valence-electron chi connectivity index (χ4n) is 1.69. The molecular formula is C16H20N2S3. The zero-order chi connectivity index (χ0) is 14.9. The molecule has 0 amide bonds. The fourth-order valence-corrected chi connectivity index (χ4v) is 4.93. The van der Waals surface area contributed by atoms with E-state index in [-0.39, 0.29) is 0 Å². The molecule has 2 nitrogen and oxygen atoms in total. The van der Waals surface area contributed by atoms with Crippen LogP contribution in [0.3, 0.4) is 0 Å². The Hall–Kier alpha value is -0.780. The van der Waals surface area contributed by atoms with Gasteiger partial charge in [-0.3, -0.25) is 0 Å². The van der Waals surface area contributed by atoms with Gasteiger partial charge in [0.15, 0.2) is 8.68 Å². The van der Waals surface area contributed by atoms with Crippen molar-refractivity contribution in [1.29, 1.82) is 0 Å². The lowest BCUT2D eigenvalue weighted by Gasteiger charge is -2.00. The fraction of sp³-hybridized carbons (Fsp3) is 0.375. The van der Waals surface area contributed by atoms with Crippen LogP contribution in [0.1, 0.15) is 30.9 Å². The molecule has 21 heavy (non-hydrogen) atoms. The van der Waals surface area contributed by atoms with Crippen LogP contribution >= 0.6 is 34.9 Å². The van der Waals surface area contributed by atoms with Crippen molar-refractivity contribution in [2.75, 3.05) is 11.5 Å². The standard InChI is InChI=1S/C16H20N2S3/c1-3-5-11-19-15-17-18-16(21-15)20-12-10-14-8-6-13(4-2)7-9-14/h4,6-9H,2-3,5,10-12H2,1H3. The minimum Gasteiger partial charge on any atom is -0.131 e. The molecule has 1 heterocycles. The van der Waals surface area contributed by atoms with Crippen LogP contribution in [0.2, 0.25) is 0 Å². The third-order valence-corrected chi connectivity index (χ3v) is 6.22. The van der Waals surface area contributed by atoms with Gasteiger partial charge in [-0.15, -0.1) is 10.2 Å². The van der Waals surface area contributed by atoms with Crippen molar-refractivity contribution < 1.29 is 0 Å². The quantitative estimate of drug-likeness (QED) is 0.452. The van der Waals surface area contributed by atoms with Crippen LogP contribution < -0.4 is 0 Å². The Bertz CT molecular complexity index is 549. The molecule has 5 heteroatoms. The van der Waals surface area contributed by atoms with E-state index in [0.717, 1.165) is 26.6 Å². The first-order chi connectivity index (χ1) is 10.3. The molecule has 0 saturated carbocycles. The summed E-state index contributed by atoms with van der Waals surface area (Å²) in [7, 11) is 0. The van der Waals surface area contributed by atoms with Gasteiger partial charge in [0.2, 0.25) is 0 Å². The maximum Gasteiger partial charge on any atom is 0.175 e. The van der Waals surface area contributed by atoms with Gasteiger partial charge in [0, 0.05) is 11.5 Å². The Morgan fingerprint density at radius 2 is 1.76 bits per heavy atom. The predicted octanol–water partition coefficient (Wildman–Crippen LogP) is 5.41. The monoisotopic (exact) mass is 336 g/mol. The first kappa shape index (κ1) is 16.6. The Balaban J connectivity index is 1.73. The molecule has 0 saturated heterocycles. The van der Waals surface area contributed by atoms with E-state index in [9.17, 15) is 0 Å². The lowest BCUT2D eigenvalue weighted by Crippen LogP contribution is -1.88. The van der Waals surface area contributed by atoms with Crippen LogP contribution in [-0.2, 0) is 6.42 Å². The summed E-state index contributed by atoms with van der Waals surface area (Å²) in [6.45, 7) is 5.98. The van der Waals surface area contributed by atoms with Crippen molar-refractivity contribution in [1.82, 2.24) is 10.2 Å². The average molecular weight is 337 g/mol. The summed E-state index contributed by atoms with van der Waals surface area (Å²) < 4.78 is 2.18. The maximum absolute atomic E-state index is 4.25. The Kier molecular flexibility index (Phi) is 7.33. The molecular weight excluding hydrogens is 316 g/mol. The van der Waals surface area contributed by atoms with Crippen LogP contribution in [0.5, 0.6) is 0 Å². The van der Waals surface area contributed by atoms with E-state index in [2.05, 4.69) is 48.0 Å². The van der Waals surface area contributed by atoms with Gasteiger partial charge in [-0.1, -0.05) is 85.1 Å². The average Bonchev–Trinajstić information content (AvgIpc) is 2.96. The van der Waals surface area contributed by atoms with Gasteiger partial charge in [0.05, 0.1) is 0 Å². The first-order valence-corrected chi connectivity index (χ1v) is 9.91. The van der Waals surface area contributed by atoms with Crippen LogP contribution in [0.25, 0.3) is 6.08 Å². The van der Waals surface area contributed by atoms with Crippen molar-refractivity contribution in [2.24, 2.45) is 0 Å². The van der Waals surface area contributed by atoms with Gasteiger partial charge in [0.25, 0.3) is 0 Å². The van der Waals surface area contributed by atoms with Crippen LogP contribution in [0.15, 0.2) is 39.5 Å². The molecule has 112 valence electrons. The zero-order valence-electron chi connectivity index (χ0n) is 12.2. The molecule has 1 aromatic carbocycles. The summed E-state index contributed by atoms with van der Waals surface area (Å²) in [6, 6.07) is 8.56. The number of nitrogens with zero attached hydrogens (tertiary/aromatic N) is 2. The number of aryl methyl sites for hydroxylation is 1. The summed E-state index contributed by atoms with van der Waals surface area (Å²) in [4.78, 5) is 0. The van der Waals surface area contributed by atoms with E-state index in [4.69, 9.17) is 0 Å². The number of thioether (sulfide) groups is 2. The Labute approximate surface area is 139 Å². The van der Waals surface area contributed by atoms with E-state index in [1.807, 2.05) is 17.8 Å². The maximum atomic E-state index is 4.25. The first-order valence-electron chi connectivity index (χ1n) is 7.12. The van der Waals surface area contributed by atoms with Gasteiger partial charge >= 0.3 is 0 Å². The number of hydrogen-bond acceptors (Lipinski definition) is 5.